The van der Waals surface area contributed by atoms with Crippen LogP contribution in [-0.4, -0.2) is 11.7 Å². The highest BCUT2D eigenvalue weighted by atomic mass is 32.1. The van der Waals surface area contributed by atoms with Crippen LogP contribution in [0, 0.1) is 6.92 Å². The number of aryl methyl sites for hydroxylation is 1. The van der Waals surface area contributed by atoms with E-state index in [2.05, 4.69) is 12.1 Å². The summed E-state index contributed by atoms with van der Waals surface area (Å²) in [5.41, 5.74) is 2.90. The van der Waals surface area contributed by atoms with Gasteiger partial charge in [0.1, 0.15) is 11.9 Å². The van der Waals surface area contributed by atoms with E-state index in [0.717, 1.165) is 27.8 Å². The van der Waals surface area contributed by atoms with Gasteiger partial charge >= 0.3 is 0 Å². The topological polar surface area (TPSA) is 29.5 Å². The summed E-state index contributed by atoms with van der Waals surface area (Å²) in [5.74, 6) is 0.755. The molecule has 1 unspecified atom stereocenters. The van der Waals surface area contributed by atoms with Gasteiger partial charge in [-0.25, -0.2) is 0 Å². The molecule has 108 valence electrons. The van der Waals surface area contributed by atoms with Crippen molar-refractivity contribution in [1.82, 2.24) is 0 Å². The molecule has 0 aliphatic heterocycles. The molecule has 0 saturated carbocycles. The smallest absolute Gasteiger partial charge is 0.125 e. The molecule has 2 nitrogen and oxygen atoms in total. The lowest BCUT2D eigenvalue weighted by Crippen LogP contribution is -2.04. The summed E-state index contributed by atoms with van der Waals surface area (Å²) in [5, 5.41) is 14.0. The minimum absolute atomic E-state index is 0.590. The minimum atomic E-state index is -0.664. The lowest BCUT2D eigenvalue weighted by molar-refractivity contribution is 0.213. The first-order valence-electron chi connectivity index (χ1n) is 7.08. The van der Waals surface area contributed by atoms with Crippen molar-refractivity contribution in [2.24, 2.45) is 0 Å². The number of fused-ring (bicyclic) bond motifs is 1. The maximum atomic E-state index is 10.8. The maximum absolute atomic E-state index is 10.8. The minimum Gasteiger partial charge on any atom is -0.493 e. The van der Waals surface area contributed by atoms with E-state index in [9.17, 15) is 5.11 Å². The van der Waals surface area contributed by atoms with Crippen LogP contribution in [0.15, 0.2) is 47.8 Å². The molecule has 0 amide bonds. The molecule has 1 N–H and O–H groups in total. The van der Waals surface area contributed by atoms with Crippen LogP contribution < -0.4 is 4.74 Å². The Bertz CT molecular complexity index is 761. The van der Waals surface area contributed by atoms with E-state index in [1.807, 2.05) is 49.6 Å². The molecule has 3 heteroatoms. The number of hydrogen-bond acceptors (Lipinski definition) is 3. The standard InChI is InChI=1S/C18H18O2S/c1-3-20-16-9-8-12(2)10-14(16)18(19)15-11-21-17-7-5-4-6-13(15)17/h4-11,18-19H,3H2,1-2H3. The summed E-state index contributed by atoms with van der Waals surface area (Å²) in [6.07, 6.45) is -0.664. The molecule has 0 radical (unpaired) electrons. The number of thiophene rings is 1. The monoisotopic (exact) mass is 298 g/mol. The van der Waals surface area contributed by atoms with Crippen LogP contribution in [0.3, 0.4) is 0 Å². The molecule has 1 atom stereocenters. The fourth-order valence-electron chi connectivity index (χ4n) is 2.55. The molecule has 0 aliphatic rings. The molecule has 21 heavy (non-hydrogen) atoms. The van der Waals surface area contributed by atoms with E-state index < -0.39 is 6.10 Å². The van der Waals surface area contributed by atoms with Crippen molar-refractivity contribution in [3.8, 4) is 5.75 Å². The SMILES string of the molecule is CCOc1ccc(C)cc1C(O)c1csc2ccccc12. The Hall–Kier alpha value is -1.84. The van der Waals surface area contributed by atoms with Crippen LogP contribution in [-0.2, 0) is 0 Å². The van der Waals surface area contributed by atoms with Crippen LogP contribution >= 0.6 is 11.3 Å². The number of rotatable bonds is 4. The average Bonchev–Trinajstić information content (AvgIpc) is 2.92. The first-order chi connectivity index (χ1) is 10.2. The van der Waals surface area contributed by atoms with E-state index in [1.54, 1.807) is 11.3 Å². The zero-order valence-corrected chi connectivity index (χ0v) is 13.0. The largest absolute Gasteiger partial charge is 0.493 e. The Morgan fingerprint density at radius 3 is 2.76 bits per heavy atom. The number of hydrogen-bond donors (Lipinski definition) is 1. The molecule has 0 spiro atoms. The highest BCUT2D eigenvalue weighted by Gasteiger charge is 2.19. The fraction of sp³-hybridized carbons (Fsp3) is 0.222. The van der Waals surface area contributed by atoms with E-state index >= 15 is 0 Å². The second kappa shape index (κ2) is 5.88. The number of ether oxygens (including phenoxy) is 1. The fourth-order valence-corrected chi connectivity index (χ4v) is 3.53. The van der Waals surface area contributed by atoms with Gasteiger partial charge < -0.3 is 9.84 Å². The summed E-state index contributed by atoms with van der Waals surface area (Å²) in [6.45, 7) is 4.57. The van der Waals surface area contributed by atoms with Crippen molar-refractivity contribution in [2.75, 3.05) is 6.61 Å². The van der Waals surface area contributed by atoms with Crippen LogP contribution in [0.4, 0.5) is 0 Å². The Morgan fingerprint density at radius 1 is 1.14 bits per heavy atom. The van der Waals surface area contributed by atoms with Gasteiger partial charge in [-0.1, -0.05) is 29.8 Å². The van der Waals surface area contributed by atoms with Crippen molar-refractivity contribution in [3.05, 3.63) is 64.5 Å². The molecule has 0 bridgehead atoms. The Balaban J connectivity index is 2.09. The number of benzene rings is 2. The molecule has 1 heterocycles. The zero-order valence-electron chi connectivity index (χ0n) is 12.2. The zero-order chi connectivity index (χ0) is 14.8. The summed E-state index contributed by atoms with van der Waals surface area (Å²) >= 11 is 1.66. The third kappa shape index (κ3) is 2.67. The summed E-state index contributed by atoms with van der Waals surface area (Å²) in [4.78, 5) is 0. The van der Waals surface area contributed by atoms with E-state index in [1.165, 1.54) is 4.70 Å². The van der Waals surface area contributed by atoms with Crippen LogP contribution in [0.2, 0.25) is 0 Å². The van der Waals surface area contributed by atoms with Crippen molar-refractivity contribution >= 4 is 21.4 Å². The van der Waals surface area contributed by atoms with Gasteiger partial charge in [0.15, 0.2) is 0 Å². The summed E-state index contributed by atoms with van der Waals surface area (Å²) in [7, 11) is 0. The molecule has 2 aromatic carbocycles. The van der Waals surface area contributed by atoms with E-state index in [-0.39, 0.29) is 0 Å². The molecule has 1 aromatic heterocycles. The van der Waals surface area contributed by atoms with Crippen molar-refractivity contribution < 1.29 is 9.84 Å². The van der Waals surface area contributed by atoms with Gasteiger partial charge in [-0.3, -0.25) is 0 Å². The van der Waals surface area contributed by atoms with Crippen molar-refractivity contribution in [3.63, 3.8) is 0 Å². The van der Waals surface area contributed by atoms with Gasteiger partial charge in [0.05, 0.1) is 6.61 Å². The summed E-state index contributed by atoms with van der Waals surface area (Å²) < 4.78 is 6.86. The highest BCUT2D eigenvalue weighted by molar-refractivity contribution is 7.17. The molecule has 0 fully saturated rings. The van der Waals surface area contributed by atoms with Gasteiger partial charge in [0.2, 0.25) is 0 Å². The molecule has 3 aromatic rings. The van der Waals surface area contributed by atoms with Gasteiger partial charge in [-0.15, -0.1) is 11.3 Å². The van der Waals surface area contributed by atoms with Crippen LogP contribution in [0.25, 0.3) is 10.1 Å². The van der Waals surface area contributed by atoms with Gasteiger partial charge in [-0.05, 0) is 42.8 Å². The van der Waals surface area contributed by atoms with Gasteiger partial charge in [0.25, 0.3) is 0 Å². The molecular formula is C18H18O2S. The summed E-state index contributed by atoms with van der Waals surface area (Å²) in [6, 6.07) is 14.1. The molecule has 0 aliphatic carbocycles. The Labute approximate surface area is 128 Å². The van der Waals surface area contributed by atoms with Crippen molar-refractivity contribution in [2.45, 2.75) is 20.0 Å². The first kappa shape index (κ1) is 14.1. The van der Waals surface area contributed by atoms with Gasteiger partial charge in [-0.2, -0.15) is 0 Å². The maximum Gasteiger partial charge on any atom is 0.125 e. The average molecular weight is 298 g/mol. The van der Waals surface area contributed by atoms with Crippen LogP contribution in [0.1, 0.15) is 29.7 Å². The molecular weight excluding hydrogens is 280 g/mol. The van der Waals surface area contributed by atoms with E-state index in [4.69, 9.17) is 4.74 Å². The quantitative estimate of drug-likeness (QED) is 0.757. The second-order valence-electron chi connectivity index (χ2n) is 5.06. The predicted octanol–water partition coefficient (Wildman–Crippen LogP) is 4.69. The first-order valence-corrected chi connectivity index (χ1v) is 7.96. The van der Waals surface area contributed by atoms with Crippen LogP contribution in [0.5, 0.6) is 5.75 Å². The Morgan fingerprint density at radius 2 is 1.95 bits per heavy atom. The van der Waals surface area contributed by atoms with E-state index in [0.29, 0.717) is 6.61 Å². The predicted molar refractivity (Wildman–Crippen MR) is 88.2 cm³/mol. The Kier molecular flexibility index (Phi) is 3.95. The lowest BCUT2D eigenvalue weighted by Gasteiger charge is -2.16. The lowest BCUT2D eigenvalue weighted by atomic mass is 9.98. The third-order valence-corrected chi connectivity index (χ3v) is 4.55. The second-order valence-corrected chi connectivity index (χ2v) is 5.98. The van der Waals surface area contributed by atoms with Crippen molar-refractivity contribution in [1.29, 1.82) is 0 Å². The third-order valence-electron chi connectivity index (χ3n) is 3.57. The highest BCUT2D eigenvalue weighted by Crippen LogP contribution is 2.37. The number of aliphatic hydroxyl groups is 1. The van der Waals surface area contributed by atoms with Gasteiger partial charge in [0, 0.05) is 15.8 Å². The normalized spacial score (nSPS) is 12.5. The number of aliphatic hydroxyl groups excluding tert-OH is 1. The molecule has 3 rings (SSSR count). The molecule has 0 saturated heterocycles.